The third kappa shape index (κ3) is 6.90. The maximum atomic E-state index is 13.3. The number of nitrogens with one attached hydrogen (secondary N) is 1. The predicted octanol–water partition coefficient (Wildman–Crippen LogP) is 6.77. The summed E-state index contributed by atoms with van der Waals surface area (Å²) in [4.78, 5) is 24.3. The Kier molecular flexibility index (Phi) is 8.47. The van der Waals surface area contributed by atoms with Gasteiger partial charge in [-0.2, -0.15) is 13.2 Å². The van der Waals surface area contributed by atoms with Crippen LogP contribution in [0, 0.1) is 0 Å². The van der Waals surface area contributed by atoms with Crippen molar-refractivity contribution in [3.05, 3.63) is 93.5 Å². The molecule has 0 saturated carbocycles. The monoisotopic (exact) mass is 578 g/mol. The normalized spacial score (nSPS) is 11.3. The number of alkyl halides is 3. The summed E-state index contributed by atoms with van der Waals surface area (Å²) in [5.41, 5.74) is 0.445. The molecule has 39 heavy (non-hydrogen) atoms. The molecule has 0 radical (unpaired) electrons. The molecule has 0 atom stereocenters. The summed E-state index contributed by atoms with van der Waals surface area (Å²) in [6, 6.07) is 15.1. The van der Waals surface area contributed by atoms with Crippen molar-refractivity contribution in [1.82, 2.24) is 10.5 Å². The number of benzene rings is 3. The topological polar surface area (TPSA) is 102 Å². The molecule has 202 valence electrons. The van der Waals surface area contributed by atoms with E-state index in [0.29, 0.717) is 26.9 Å². The van der Waals surface area contributed by atoms with Gasteiger partial charge in [0, 0.05) is 16.1 Å². The number of hydrogen-bond acceptors (Lipinski definition) is 5. The van der Waals surface area contributed by atoms with Crippen molar-refractivity contribution in [2.75, 3.05) is 13.2 Å². The number of ether oxygens (including phenoxy) is 1. The molecule has 0 unspecified atom stereocenters. The van der Waals surface area contributed by atoms with Gasteiger partial charge in [0.15, 0.2) is 5.76 Å². The van der Waals surface area contributed by atoms with E-state index in [-0.39, 0.29) is 42.2 Å². The van der Waals surface area contributed by atoms with Gasteiger partial charge >= 0.3 is 12.1 Å². The Balaban J connectivity index is 1.60. The molecule has 7 nitrogen and oxygen atoms in total. The van der Waals surface area contributed by atoms with Crippen molar-refractivity contribution in [2.24, 2.45) is 0 Å². The zero-order valence-corrected chi connectivity index (χ0v) is 21.4. The molecule has 0 aliphatic carbocycles. The van der Waals surface area contributed by atoms with Crippen LogP contribution in [0.3, 0.4) is 0 Å². The minimum Gasteiger partial charge on any atom is -0.490 e. The van der Waals surface area contributed by atoms with E-state index in [1.165, 1.54) is 18.2 Å². The Morgan fingerprint density at radius 1 is 0.974 bits per heavy atom. The maximum absolute atomic E-state index is 13.3. The summed E-state index contributed by atoms with van der Waals surface area (Å²) < 4.78 is 50.1. The minimum absolute atomic E-state index is 0.00901. The van der Waals surface area contributed by atoms with Gasteiger partial charge in [-0.05, 0) is 35.9 Å². The first kappa shape index (κ1) is 28.0. The zero-order chi connectivity index (χ0) is 28.2. The Labute approximate surface area is 230 Å². The van der Waals surface area contributed by atoms with Gasteiger partial charge in [0.1, 0.15) is 23.6 Å². The van der Waals surface area contributed by atoms with Crippen LogP contribution in [0.4, 0.5) is 13.2 Å². The molecule has 12 heteroatoms. The van der Waals surface area contributed by atoms with E-state index in [0.717, 1.165) is 12.1 Å². The van der Waals surface area contributed by atoms with Crippen molar-refractivity contribution < 1.29 is 37.1 Å². The average molecular weight is 579 g/mol. The van der Waals surface area contributed by atoms with E-state index in [4.69, 9.17) is 37.6 Å². The number of rotatable bonds is 9. The van der Waals surface area contributed by atoms with E-state index in [9.17, 15) is 22.8 Å². The van der Waals surface area contributed by atoms with Crippen molar-refractivity contribution in [1.29, 1.82) is 0 Å². The van der Waals surface area contributed by atoms with Crippen LogP contribution in [-0.2, 0) is 17.4 Å². The first-order chi connectivity index (χ1) is 18.5. The number of aliphatic carboxylic acids is 1. The molecule has 2 N–H and O–H groups in total. The fraction of sp³-hybridized carbons (Fsp3) is 0.148. The first-order valence-electron chi connectivity index (χ1n) is 11.4. The summed E-state index contributed by atoms with van der Waals surface area (Å²) in [5, 5.41) is 16.4. The van der Waals surface area contributed by atoms with E-state index >= 15 is 0 Å². The van der Waals surface area contributed by atoms with E-state index in [2.05, 4.69) is 10.5 Å². The van der Waals surface area contributed by atoms with Crippen molar-refractivity contribution in [2.45, 2.75) is 12.6 Å². The lowest BCUT2D eigenvalue weighted by atomic mass is 9.99. The number of carbonyl (C=O) groups excluding carboxylic acids is 1. The molecular weight excluding hydrogens is 560 g/mol. The largest absolute Gasteiger partial charge is 0.490 e. The quantitative estimate of drug-likeness (QED) is 0.212. The molecule has 1 amide bonds. The Morgan fingerprint density at radius 3 is 2.26 bits per heavy atom. The average Bonchev–Trinajstić information content (AvgIpc) is 3.32. The van der Waals surface area contributed by atoms with Crippen LogP contribution in [0.2, 0.25) is 10.0 Å². The number of carboxylic acids is 1. The number of hydrogen-bond donors (Lipinski definition) is 2. The molecule has 0 aliphatic rings. The Bertz CT molecular complexity index is 1490. The molecule has 4 aromatic rings. The van der Waals surface area contributed by atoms with Gasteiger partial charge in [0.2, 0.25) is 0 Å². The van der Waals surface area contributed by atoms with Crippen LogP contribution >= 0.6 is 23.2 Å². The van der Waals surface area contributed by atoms with Gasteiger partial charge in [-0.3, -0.25) is 9.59 Å². The molecule has 0 bridgehead atoms. The summed E-state index contributed by atoms with van der Waals surface area (Å²) in [6.45, 7) is 0.0968. The van der Waals surface area contributed by atoms with Crippen molar-refractivity contribution in [3.8, 4) is 28.3 Å². The highest BCUT2D eigenvalue weighted by Gasteiger charge is 2.31. The molecule has 1 aromatic heterocycles. The minimum atomic E-state index is -4.53. The summed E-state index contributed by atoms with van der Waals surface area (Å²) in [6.07, 6.45) is -4.73. The molecule has 4 rings (SSSR count). The van der Waals surface area contributed by atoms with Gasteiger partial charge < -0.3 is 19.7 Å². The van der Waals surface area contributed by atoms with Gasteiger partial charge in [-0.25, -0.2) is 0 Å². The predicted molar refractivity (Wildman–Crippen MR) is 138 cm³/mol. The number of amides is 1. The molecule has 3 aromatic carbocycles. The van der Waals surface area contributed by atoms with Crippen LogP contribution in [0.1, 0.15) is 21.5 Å². The lowest BCUT2D eigenvalue weighted by Gasteiger charge is -2.10. The van der Waals surface area contributed by atoms with Crippen LogP contribution in [0.5, 0.6) is 5.75 Å². The highest BCUT2D eigenvalue weighted by atomic mass is 35.5. The number of nitrogens with zero attached hydrogens (tertiary/aromatic N) is 1. The number of carbonyl (C=O) groups is 2. The molecular formula is C27H19Cl2F3N2O5. The van der Waals surface area contributed by atoms with Crippen LogP contribution in [0.25, 0.3) is 22.6 Å². The second kappa shape index (κ2) is 11.8. The fourth-order valence-electron chi connectivity index (χ4n) is 3.67. The van der Waals surface area contributed by atoms with Gasteiger partial charge in [-0.15, -0.1) is 0 Å². The van der Waals surface area contributed by atoms with Crippen LogP contribution in [0.15, 0.2) is 71.3 Å². The van der Waals surface area contributed by atoms with Crippen LogP contribution in [-0.4, -0.2) is 35.3 Å². The highest BCUT2D eigenvalue weighted by molar-refractivity contribution is 6.35. The van der Waals surface area contributed by atoms with Crippen molar-refractivity contribution >= 4 is 35.1 Å². The lowest BCUT2D eigenvalue weighted by molar-refractivity contribution is -0.138. The number of aromatic nitrogens is 1. The lowest BCUT2D eigenvalue weighted by Crippen LogP contribution is -2.28. The first-order valence-corrected chi connectivity index (χ1v) is 12.1. The Hall–Kier alpha value is -4.02. The van der Waals surface area contributed by atoms with Gasteiger partial charge in [0.05, 0.1) is 23.6 Å². The summed E-state index contributed by atoms with van der Waals surface area (Å²) in [5.74, 6) is -1.28. The third-order valence-corrected chi connectivity index (χ3v) is 6.05. The van der Waals surface area contributed by atoms with Crippen LogP contribution < -0.4 is 10.1 Å². The standard InChI is InChI=1S/C27H19Cl2F3N2O5/c28-19-9-10-21(20(29)14-19)38-12-11-33-26(37)23-24(16-3-1-15(2-4-16)13-22(35)36)34-39-25(23)17-5-7-18(8-6-17)27(30,31)32/h1-10,14H,11-13H2,(H,33,37)(H,35,36). The van der Waals surface area contributed by atoms with E-state index in [1.807, 2.05) is 0 Å². The SMILES string of the molecule is O=C(O)Cc1ccc(-c2noc(-c3ccc(C(F)(F)F)cc3)c2C(=O)NCCOc2ccc(Cl)cc2Cl)cc1. The second-order valence-corrected chi connectivity index (χ2v) is 9.10. The van der Waals surface area contributed by atoms with E-state index in [1.54, 1.807) is 36.4 Å². The molecule has 1 heterocycles. The van der Waals surface area contributed by atoms with E-state index < -0.39 is 23.6 Å². The maximum Gasteiger partial charge on any atom is 0.416 e. The molecule has 0 aliphatic heterocycles. The molecule has 0 saturated heterocycles. The molecule has 0 spiro atoms. The smallest absolute Gasteiger partial charge is 0.416 e. The zero-order valence-electron chi connectivity index (χ0n) is 19.9. The Morgan fingerprint density at radius 2 is 1.64 bits per heavy atom. The second-order valence-electron chi connectivity index (χ2n) is 8.26. The van der Waals surface area contributed by atoms with Gasteiger partial charge in [-0.1, -0.05) is 64.8 Å². The third-order valence-electron chi connectivity index (χ3n) is 5.52. The summed E-state index contributed by atoms with van der Waals surface area (Å²) >= 11 is 12.0. The fourth-order valence-corrected chi connectivity index (χ4v) is 4.13. The van der Waals surface area contributed by atoms with Gasteiger partial charge in [0.25, 0.3) is 5.91 Å². The molecule has 0 fully saturated rings. The van der Waals surface area contributed by atoms with Crippen molar-refractivity contribution in [3.63, 3.8) is 0 Å². The highest BCUT2D eigenvalue weighted by Crippen LogP contribution is 2.35. The summed E-state index contributed by atoms with van der Waals surface area (Å²) in [7, 11) is 0. The number of halogens is 5. The number of carboxylic acid groups (broad SMARTS) is 1.